The van der Waals surface area contributed by atoms with Crippen molar-refractivity contribution in [2.45, 2.75) is 26.3 Å². The zero-order chi connectivity index (χ0) is 14.2. The van der Waals surface area contributed by atoms with Gasteiger partial charge >= 0.3 is 0 Å². The van der Waals surface area contributed by atoms with E-state index in [9.17, 15) is 4.79 Å². The first-order valence-electron chi connectivity index (χ1n) is 6.15. The Morgan fingerprint density at radius 1 is 1.47 bits per heavy atom. The van der Waals surface area contributed by atoms with E-state index in [1.807, 2.05) is 20.8 Å². The topological polar surface area (TPSA) is 87.0 Å². The van der Waals surface area contributed by atoms with E-state index in [1.54, 1.807) is 16.6 Å². The van der Waals surface area contributed by atoms with Gasteiger partial charge in [0.05, 0.1) is 18.3 Å². The van der Waals surface area contributed by atoms with Gasteiger partial charge in [-0.1, -0.05) is 0 Å². The Morgan fingerprint density at radius 3 is 2.74 bits per heavy atom. The Balaban J connectivity index is 2.63. The van der Waals surface area contributed by atoms with Crippen molar-refractivity contribution in [2.24, 2.45) is 0 Å². The molecule has 0 aliphatic rings. The molecular weight excluding hydrogens is 246 g/mol. The zero-order valence-corrected chi connectivity index (χ0v) is 11.6. The number of nitrogens with zero attached hydrogens (tertiary/aromatic N) is 4. The number of hydrogen-bond donors (Lipinski definition) is 2. The highest BCUT2D eigenvalue weighted by Gasteiger charge is 2.20. The van der Waals surface area contributed by atoms with Crippen molar-refractivity contribution in [3.05, 3.63) is 16.6 Å². The molecule has 0 radical (unpaired) electrons. The van der Waals surface area contributed by atoms with Crippen molar-refractivity contribution in [1.82, 2.24) is 19.7 Å². The largest absolute Gasteiger partial charge is 0.395 e. The SMILES string of the molecule is CN(CCO)c1nc2c(cnn2C(C)(C)C)c(=O)[nH]1. The number of aliphatic hydroxyl groups is 1. The molecule has 0 saturated carbocycles. The van der Waals surface area contributed by atoms with Gasteiger partial charge < -0.3 is 10.0 Å². The number of aromatic amines is 1. The van der Waals surface area contributed by atoms with Crippen molar-refractivity contribution in [2.75, 3.05) is 25.1 Å². The molecule has 2 rings (SSSR count). The summed E-state index contributed by atoms with van der Waals surface area (Å²) in [6.45, 7) is 6.40. The number of aromatic nitrogens is 4. The number of hydrogen-bond acceptors (Lipinski definition) is 5. The number of anilines is 1. The van der Waals surface area contributed by atoms with Crippen LogP contribution in [0.4, 0.5) is 5.95 Å². The molecule has 19 heavy (non-hydrogen) atoms. The Bertz CT molecular complexity index is 638. The number of fused-ring (bicyclic) bond motifs is 1. The molecule has 2 heterocycles. The second kappa shape index (κ2) is 4.65. The van der Waals surface area contributed by atoms with Gasteiger partial charge in [-0.15, -0.1) is 0 Å². The minimum absolute atomic E-state index is 0.00319. The molecule has 0 saturated heterocycles. The molecule has 0 bridgehead atoms. The molecule has 0 amide bonds. The van der Waals surface area contributed by atoms with Gasteiger partial charge in [0.2, 0.25) is 5.95 Å². The number of H-pyrrole nitrogens is 1. The Hall–Kier alpha value is -1.89. The lowest BCUT2D eigenvalue weighted by atomic mass is 10.1. The van der Waals surface area contributed by atoms with Gasteiger partial charge in [-0.25, -0.2) is 4.68 Å². The van der Waals surface area contributed by atoms with Crippen molar-refractivity contribution in [1.29, 1.82) is 0 Å². The van der Waals surface area contributed by atoms with E-state index in [2.05, 4.69) is 15.1 Å². The predicted molar refractivity (Wildman–Crippen MR) is 73.5 cm³/mol. The Morgan fingerprint density at radius 2 is 2.16 bits per heavy atom. The minimum atomic E-state index is -0.255. The van der Waals surface area contributed by atoms with Crippen LogP contribution < -0.4 is 10.5 Å². The molecule has 0 unspecified atom stereocenters. The lowest BCUT2D eigenvalue weighted by Crippen LogP contribution is -2.28. The minimum Gasteiger partial charge on any atom is -0.395 e. The molecule has 2 N–H and O–H groups in total. The number of rotatable bonds is 3. The summed E-state index contributed by atoms with van der Waals surface area (Å²) < 4.78 is 1.73. The Kier molecular flexibility index (Phi) is 3.32. The van der Waals surface area contributed by atoms with Crippen LogP contribution in [-0.2, 0) is 5.54 Å². The van der Waals surface area contributed by atoms with Crippen LogP contribution >= 0.6 is 0 Å². The second-order valence-electron chi connectivity index (χ2n) is 5.50. The highest BCUT2D eigenvalue weighted by molar-refractivity contribution is 5.74. The number of likely N-dealkylation sites (N-methyl/N-ethyl adjacent to an activating group) is 1. The first kappa shape index (κ1) is 13.5. The van der Waals surface area contributed by atoms with Gasteiger partial charge in [-0.3, -0.25) is 9.78 Å². The Labute approximate surface area is 110 Å². The summed E-state index contributed by atoms with van der Waals surface area (Å²) in [5.74, 6) is 0.428. The highest BCUT2D eigenvalue weighted by atomic mass is 16.3. The standard InChI is InChI=1S/C12H19N5O2/c1-12(2,3)17-9-8(7-13-17)10(19)15-11(14-9)16(4)5-6-18/h7,18H,5-6H2,1-4H3,(H,14,15,19). The van der Waals surface area contributed by atoms with Crippen LogP contribution in [0.3, 0.4) is 0 Å². The molecule has 0 aliphatic heterocycles. The van der Waals surface area contributed by atoms with Gasteiger partial charge in [0.1, 0.15) is 5.39 Å². The maximum atomic E-state index is 12.0. The van der Waals surface area contributed by atoms with Gasteiger partial charge in [-0.2, -0.15) is 10.1 Å². The van der Waals surface area contributed by atoms with Crippen LogP contribution in [0, 0.1) is 0 Å². The smallest absolute Gasteiger partial charge is 0.263 e. The van der Waals surface area contributed by atoms with Crippen LogP contribution in [0.2, 0.25) is 0 Å². The maximum absolute atomic E-state index is 12.0. The summed E-state index contributed by atoms with van der Waals surface area (Å²) in [7, 11) is 1.76. The highest BCUT2D eigenvalue weighted by Crippen LogP contribution is 2.19. The third-order valence-corrected chi connectivity index (χ3v) is 2.86. The monoisotopic (exact) mass is 265 g/mol. The zero-order valence-electron chi connectivity index (χ0n) is 11.6. The molecule has 0 spiro atoms. The molecule has 104 valence electrons. The van der Waals surface area contributed by atoms with Crippen LogP contribution in [0.15, 0.2) is 11.0 Å². The fraction of sp³-hybridized carbons (Fsp3) is 0.583. The van der Waals surface area contributed by atoms with Crippen molar-refractivity contribution in [3.8, 4) is 0 Å². The van der Waals surface area contributed by atoms with Gasteiger partial charge in [-0.05, 0) is 20.8 Å². The lowest BCUT2D eigenvalue weighted by Gasteiger charge is -2.21. The van der Waals surface area contributed by atoms with E-state index in [1.165, 1.54) is 6.20 Å². The first-order valence-corrected chi connectivity index (χ1v) is 6.15. The fourth-order valence-corrected chi connectivity index (χ4v) is 1.83. The van der Waals surface area contributed by atoms with Crippen LogP contribution in [0.25, 0.3) is 11.0 Å². The maximum Gasteiger partial charge on any atom is 0.263 e. The fourth-order valence-electron chi connectivity index (χ4n) is 1.83. The number of nitrogens with one attached hydrogen (secondary N) is 1. The molecule has 7 nitrogen and oxygen atoms in total. The average Bonchev–Trinajstić information content (AvgIpc) is 2.73. The summed E-state index contributed by atoms with van der Waals surface area (Å²) in [6, 6.07) is 0. The summed E-state index contributed by atoms with van der Waals surface area (Å²) in [5, 5.41) is 13.7. The first-order chi connectivity index (χ1) is 8.84. The van der Waals surface area contributed by atoms with Crippen molar-refractivity contribution < 1.29 is 5.11 Å². The normalized spacial score (nSPS) is 12.1. The van der Waals surface area contributed by atoms with Crippen molar-refractivity contribution in [3.63, 3.8) is 0 Å². The second-order valence-corrected chi connectivity index (χ2v) is 5.50. The number of aliphatic hydroxyl groups excluding tert-OH is 1. The van der Waals surface area contributed by atoms with E-state index in [4.69, 9.17) is 5.11 Å². The third-order valence-electron chi connectivity index (χ3n) is 2.86. The predicted octanol–water partition coefficient (Wildman–Crippen LogP) is 0.303. The van der Waals surface area contributed by atoms with E-state index in [-0.39, 0.29) is 17.7 Å². The van der Waals surface area contributed by atoms with Crippen LogP contribution in [0.5, 0.6) is 0 Å². The van der Waals surface area contributed by atoms with E-state index < -0.39 is 0 Å². The van der Waals surface area contributed by atoms with Crippen LogP contribution in [0.1, 0.15) is 20.8 Å². The molecule has 2 aromatic heterocycles. The summed E-state index contributed by atoms with van der Waals surface area (Å²) in [4.78, 5) is 20.8. The third kappa shape index (κ3) is 2.46. The van der Waals surface area contributed by atoms with Gasteiger partial charge in [0.15, 0.2) is 5.65 Å². The molecule has 0 aliphatic carbocycles. The molecule has 0 atom stereocenters. The summed E-state index contributed by atoms with van der Waals surface area (Å²) >= 11 is 0. The van der Waals surface area contributed by atoms with Gasteiger partial charge in [0, 0.05) is 13.6 Å². The van der Waals surface area contributed by atoms with E-state index >= 15 is 0 Å². The average molecular weight is 265 g/mol. The van der Waals surface area contributed by atoms with E-state index in [0.29, 0.717) is 23.5 Å². The molecule has 2 aromatic rings. The summed E-state index contributed by atoms with van der Waals surface area (Å²) in [6.07, 6.45) is 1.53. The van der Waals surface area contributed by atoms with Crippen LogP contribution in [-0.4, -0.2) is 45.1 Å². The molecule has 0 aromatic carbocycles. The lowest BCUT2D eigenvalue weighted by molar-refractivity contribution is 0.303. The molecule has 7 heteroatoms. The summed E-state index contributed by atoms with van der Waals surface area (Å²) in [5.41, 5.74) is 0.0753. The molecule has 0 fully saturated rings. The quantitative estimate of drug-likeness (QED) is 0.833. The molecular formula is C12H19N5O2. The van der Waals surface area contributed by atoms with Gasteiger partial charge in [0.25, 0.3) is 5.56 Å². The van der Waals surface area contributed by atoms with E-state index in [0.717, 1.165) is 0 Å². The van der Waals surface area contributed by atoms with Crippen molar-refractivity contribution >= 4 is 17.0 Å².